The topological polar surface area (TPSA) is 149 Å². The number of aromatic nitrogens is 1. The third-order valence-corrected chi connectivity index (χ3v) is 4.08. The van der Waals surface area contributed by atoms with Gasteiger partial charge in [0.2, 0.25) is 5.91 Å². The summed E-state index contributed by atoms with van der Waals surface area (Å²) in [5.74, 6) is -0.821. The molecule has 1 aromatic heterocycles. The summed E-state index contributed by atoms with van der Waals surface area (Å²) in [7, 11) is 0. The van der Waals surface area contributed by atoms with Crippen molar-refractivity contribution in [1.82, 2.24) is 10.3 Å². The molecule has 11 nitrogen and oxygen atoms in total. The molecule has 0 bridgehead atoms. The minimum Gasteiger partial charge on any atom is -0.487 e. The molecule has 0 unspecified atom stereocenters. The number of carbonyl (C=O) groups excluding carboxylic acids is 2. The van der Waals surface area contributed by atoms with Crippen LogP contribution in [-0.4, -0.2) is 33.4 Å². The Labute approximate surface area is 180 Å². The molecule has 12 heteroatoms. The van der Waals surface area contributed by atoms with Crippen LogP contribution < -0.4 is 20.7 Å². The number of oxazole rings is 1. The van der Waals surface area contributed by atoms with E-state index in [1.807, 2.05) is 0 Å². The van der Waals surface area contributed by atoms with Gasteiger partial charge in [0.25, 0.3) is 5.91 Å². The number of benzene rings is 2. The first-order chi connectivity index (χ1) is 14.8. The van der Waals surface area contributed by atoms with Crippen molar-refractivity contribution in [3.05, 3.63) is 52.1 Å². The summed E-state index contributed by atoms with van der Waals surface area (Å²) < 4.78 is 10.7. The van der Waals surface area contributed by atoms with Crippen molar-refractivity contribution in [3.63, 3.8) is 0 Å². The van der Waals surface area contributed by atoms with E-state index < -0.39 is 10.8 Å². The van der Waals surface area contributed by atoms with Crippen molar-refractivity contribution < 1.29 is 23.7 Å². The Morgan fingerprint density at radius 3 is 2.68 bits per heavy atom. The number of nitro benzene ring substituents is 1. The van der Waals surface area contributed by atoms with Gasteiger partial charge in [-0.1, -0.05) is 0 Å². The fraction of sp³-hybridized carbons (Fsp3) is 0.158. The van der Waals surface area contributed by atoms with Crippen molar-refractivity contribution in [2.24, 2.45) is 0 Å². The van der Waals surface area contributed by atoms with Crippen LogP contribution in [0.2, 0.25) is 0 Å². The summed E-state index contributed by atoms with van der Waals surface area (Å²) in [5.41, 5.74) is 1.13. The molecule has 0 radical (unpaired) electrons. The predicted octanol–water partition coefficient (Wildman–Crippen LogP) is 3.22. The van der Waals surface area contributed by atoms with Crippen molar-refractivity contribution >= 4 is 57.6 Å². The van der Waals surface area contributed by atoms with Gasteiger partial charge in [-0.15, -0.1) is 0 Å². The molecule has 0 aliphatic carbocycles. The van der Waals surface area contributed by atoms with Gasteiger partial charge in [0, 0.05) is 30.3 Å². The Morgan fingerprint density at radius 1 is 1.23 bits per heavy atom. The number of hydrogen-bond donors (Lipinski definition) is 3. The molecule has 2 aromatic carbocycles. The van der Waals surface area contributed by atoms with Gasteiger partial charge in [0.1, 0.15) is 5.52 Å². The molecule has 3 rings (SSSR count). The highest BCUT2D eigenvalue weighted by atomic mass is 32.1. The highest BCUT2D eigenvalue weighted by Gasteiger charge is 2.19. The number of hydrogen-bond acceptors (Lipinski definition) is 8. The van der Waals surface area contributed by atoms with E-state index >= 15 is 0 Å². The molecule has 0 atom stereocenters. The summed E-state index contributed by atoms with van der Waals surface area (Å²) in [6, 6.07) is 8.77. The fourth-order valence-corrected chi connectivity index (χ4v) is 2.82. The SMILES string of the molecule is CCOc1ccc(C(=O)NC(=S)Nc2nc3ccc(NC(C)=O)cc3o2)cc1[N+](=O)[O-]. The first kappa shape index (κ1) is 21.6. The number of nitro groups is 1. The monoisotopic (exact) mass is 443 g/mol. The maximum Gasteiger partial charge on any atom is 0.311 e. The third kappa shape index (κ3) is 5.30. The van der Waals surface area contributed by atoms with Crippen LogP contribution in [0, 0.1) is 10.1 Å². The van der Waals surface area contributed by atoms with Crippen molar-refractivity contribution in [1.29, 1.82) is 0 Å². The van der Waals surface area contributed by atoms with Crippen LogP contribution in [0.25, 0.3) is 11.1 Å². The van der Waals surface area contributed by atoms with Crippen LogP contribution in [0.15, 0.2) is 40.8 Å². The van der Waals surface area contributed by atoms with Crippen molar-refractivity contribution in [2.45, 2.75) is 13.8 Å². The van der Waals surface area contributed by atoms with Gasteiger partial charge in [-0.05, 0) is 43.4 Å². The highest BCUT2D eigenvalue weighted by Crippen LogP contribution is 2.28. The van der Waals surface area contributed by atoms with E-state index in [1.165, 1.54) is 19.1 Å². The number of fused-ring (bicyclic) bond motifs is 1. The lowest BCUT2D eigenvalue weighted by Gasteiger charge is -2.08. The summed E-state index contributed by atoms with van der Waals surface area (Å²) in [5, 5.41) is 18.8. The molecule has 0 fully saturated rings. The molecule has 0 saturated carbocycles. The van der Waals surface area contributed by atoms with E-state index in [-0.39, 0.29) is 40.6 Å². The van der Waals surface area contributed by atoms with Crippen molar-refractivity contribution in [3.8, 4) is 5.75 Å². The molecule has 1 heterocycles. The molecule has 3 N–H and O–H groups in total. The van der Waals surface area contributed by atoms with Crippen LogP contribution in [0.1, 0.15) is 24.2 Å². The second-order valence-corrected chi connectivity index (χ2v) is 6.57. The predicted molar refractivity (Wildman–Crippen MR) is 116 cm³/mol. The summed E-state index contributed by atoms with van der Waals surface area (Å²) in [6.45, 7) is 3.33. The van der Waals surface area contributed by atoms with Crippen LogP contribution >= 0.6 is 12.2 Å². The first-order valence-electron chi connectivity index (χ1n) is 8.98. The Hall–Kier alpha value is -4.06. The Kier molecular flexibility index (Phi) is 6.40. The summed E-state index contributed by atoms with van der Waals surface area (Å²) in [6.07, 6.45) is 0. The van der Waals surface area contributed by atoms with Gasteiger partial charge in [0.05, 0.1) is 11.5 Å². The number of anilines is 2. The average Bonchev–Trinajstić information content (AvgIpc) is 3.08. The number of nitrogens with zero attached hydrogens (tertiary/aromatic N) is 2. The first-order valence-corrected chi connectivity index (χ1v) is 9.39. The summed E-state index contributed by atoms with van der Waals surface area (Å²) >= 11 is 5.09. The molecule has 31 heavy (non-hydrogen) atoms. The van der Waals surface area contributed by atoms with Gasteiger partial charge < -0.3 is 14.5 Å². The molecule has 0 aliphatic rings. The van der Waals surface area contributed by atoms with Gasteiger partial charge in [-0.2, -0.15) is 4.98 Å². The van der Waals surface area contributed by atoms with E-state index in [4.69, 9.17) is 21.4 Å². The normalized spacial score (nSPS) is 10.4. The quantitative estimate of drug-likeness (QED) is 0.296. The van der Waals surface area contributed by atoms with E-state index in [0.29, 0.717) is 16.8 Å². The van der Waals surface area contributed by atoms with Gasteiger partial charge in [-0.25, -0.2) is 0 Å². The van der Waals surface area contributed by atoms with E-state index in [2.05, 4.69) is 20.9 Å². The maximum atomic E-state index is 12.4. The molecule has 160 valence electrons. The lowest BCUT2D eigenvalue weighted by Crippen LogP contribution is -2.34. The molecular formula is C19H17N5O6S. The second-order valence-electron chi connectivity index (χ2n) is 6.16. The van der Waals surface area contributed by atoms with Crippen LogP contribution in [-0.2, 0) is 4.79 Å². The summed E-state index contributed by atoms with van der Waals surface area (Å²) in [4.78, 5) is 38.3. The number of rotatable bonds is 6. The van der Waals surface area contributed by atoms with Gasteiger partial charge in [0.15, 0.2) is 16.4 Å². The van der Waals surface area contributed by atoms with Crippen molar-refractivity contribution in [2.75, 3.05) is 17.2 Å². The zero-order valence-electron chi connectivity index (χ0n) is 16.4. The standard InChI is InChI=1S/C19H17N5O6S/c1-3-29-15-7-4-11(8-14(15)24(27)28)17(26)22-19(31)23-18-21-13-6-5-12(20-10(2)25)9-16(13)30-18/h4-9H,3H2,1-2H3,(H,20,25)(H2,21,22,23,26,31). The minimum atomic E-state index is -0.660. The minimum absolute atomic E-state index is 0.0248. The smallest absolute Gasteiger partial charge is 0.311 e. The zero-order chi connectivity index (χ0) is 22.5. The van der Waals surface area contributed by atoms with Crippen LogP contribution in [0.4, 0.5) is 17.4 Å². The molecule has 0 aliphatic heterocycles. The maximum absolute atomic E-state index is 12.4. The van der Waals surface area contributed by atoms with E-state index in [9.17, 15) is 19.7 Å². The molecule has 3 aromatic rings. The van der Waals surface area contributed by atoms with Crippen LogP contribution in [0.5, 0.6) is 5.75 Å². The molecule has 2 amide bonds. The second kappa shape index (κ2) is 9.17. The molecule has 0 spiro atoms. The van der Waals surface area contributed by atoms with E-state index in [0.717, 1.165) is 6.07 Å². The lowest BCUT2D eigenvalue weighted by molar-refractivity contribution is -0.385. The van der Waals surface area contributed by atoms with E-state index in [1.54, 1.807) is 25.1 Å². The number of carbonyl (C=O) groups is 2. The zero-order valence-corrected chi connectivity index (χ0v) is 17.2. The van der Waals surface area contributed by atoms with Gasteiger partial charge in [-0.3, -0.25) is 30.3 Å². The van der Waals surface area contributed by atoms with Gasteiger partial charge >= 0.3 is 11.7 Å². The largest absolute Gasteiger partial charge is 0.487 e. The fourth-order valence-electron chi connectivity index (χ4n) is 2.64. The number of nitrogens with one attached hydrogen (secondary N) is 3. The third-order valence-electron chi connectivity index (χ3n) is 3.87. The number of amides is 2. The Morgan fingerprint density at radius 2 is 2.00 bits per heavy atom. The number of ether oxygens (including phenoxy) is 1. The Bertz CT molecular complexity index is 1190. The lowest BCUT2D eigenvalue weighted by atomic mass is 10.1. The average molecular weight is 443 g/mol. The molecular weight excluding hydrogens is 426 g/mol. The Balaban J connectivity index is 1.70. The molecule has 0 saturated heterocycles. The highest BCUT2D eigenvalue weighted by molar-refractivity contribution is 7.80. The van der Waals surface area contributed by atoms with Crippen LogP contribution in [0.3, 0.4) is 0 Å². The number of thiocarbonyl (C=S) groups is 1.